The third-order valence-electron chi connectivity index (χ3n) is 5.21. The number of pyridine rings is 6. The van der Waals surface area contributed by atoms with E-state index in [0.29, 0.717) is 0 Å². The zero-order valence-corrected chi connectivity index (χ0v) is 26.7. The van der Waals surface area contributed by atoms with Crippen LogP contribution in [0.3, 0.4) is 0 Å². The van der Waals surface area contributed by atoms with Gasteiger partial charge in [0.15, 0.2) is 0 Å². The Balaban J connectivity index is 0.000000365. The van der Waals surface area contributed by atoms with Gasteiger partial charge >= 0.3 is 16.5 Å². The molecule has 0 bridgehead atoms. The first kappa shape index (κ1) is 41.6. The molecule has 6 aromatic heterocycles. The van der Waals surface area contributed by atoms with Crippen LogP contribution >= 0.6 is 0 Å². The molecule has 0 aliphatic heterocycles. The molecule has 0 radical (unpaired) electrons. The molecule has 0 amide bonds. The van der Waals surface area contributed by atoms with Gasteiger partial charge in [-0.2, -0.15) is 0 Å². The summed E-state index contributed by atoms with van der Waals surface area (Å²) in [6.45, 7) is 0. The predicted octanol–water partition coefficient (Wildman–Crippen LogP) is -3.93. The first-order valence-corrected chi connectivity index (χ1v) is 15.2. The summed E-state index contributed by atoms with van der Waals surface area (Å²) in [5.74, 6) is 0. The molecule has 0 spiro atoms. The van der Waals surface area contributed by atoms with E-state index in [1.165, 1.54) is 0 Å². The second kappa shape index (κ2) is 20.8. The maximum atomic E-state index is 8.49. The minimum Gasteiger partial charge on any atom is -0.412 e. The molecule has 0 unspecified atom stereocenters. The van der Waals surface area contributed by atoms with Crippen molar-refractivity contribution >= 4 is 0 Å². The Morgan fingerprint density at radius 1 is 0.312 bits per heavy atom. The maximum Gasteiger partial charge on any atom is 2.00 e. The number of aromatic nitrogens is 6. The van der Waals surface area contributed by atoms with Gasteiger partial charge in [-0.1, -0.05) is 36.4 Å². The van der Waals surface area contributed by atoms with Crippen LogP contribution in [0.4, 0.5) is 0 Å². The second-order valence-corrected chi connectivity index (χ2v) is 9.94. The molecule has 2 N–H and O–H groups in total. The van der Waals surface area contributed by atoms with Gasteiger partial charge in [-0.05, 0) is 72.8 Å². The summed E-state index contributed by atoms with van der Waals surface area (Å²) in [6, 6.07) is 35.0. The van der Waals surface area contributed by atoms with Crippen molar-refractivity contribution in [1.82, 2.24) is 29.9 Å². The number of hydrogen-bond donors (Lipinski definition) is 0. The smallest absolute Gasteiger partial charge is 0.412 e. The van der Waals surface area contributed by atoms with E-state index in [1.807, 2.05) is 109 Å². The van der Waals surface area contributed by atoms with Crippen LogP contribution in [0.1, 0.15) is 0 Å². The Morgan fingerprint density at radius 2 is 0.500 bits per heavy atom. The zero-order chi connectivity index (χ0) is 33.4. The average Bonchev–Trinajstić information content (AvgIpc) is 3.05. The summed E-state index contributed by atoms with van der Waals surface area (Å²) in [5.41, 5.74) is 6.92. The van der Waals surface area contributed by atoms with Gasteiger partial charge in [0.2, 0.25) is 0 Å². The van der Waals surface area contributed by atoms with Crippen molar-refractivity contribution in [2.45, 2.75) is 0 Å². The fourth-order valence-electron chi connectivity index (χ4n) is 3.50. The molecule has 0 saturated heterocycles. The van der Waals surface area contributed by atoms with E-state index in [1.54, 1.807) is 24.8 Å². The molecule has 0 atom stereocenters. The van der Waals surface area contributed by atoms with Crippen LogP contribution in [-0.2, 0) is 16.5 Å². The molecule has 18 heteroatoms. The third kappa shape index (κ3) is 17.0. The van der Waals surface area contributed by atoms with Gasteiger partial charge < -0.3 is 5.48 Å². The van der Waals surface area contributed by atoms with Crippen molar-refractivity contribution in [1.29, 1.82) is 0 Å². The Morgan fingerprint density at radius 3 is 0.667 bits per heavy atom. The van der Waals surface area contributed by atoms with E-state index in [2.05, 4.69) is 29.9 Å². The number of rotatable bonds is 4. The van der Waals surface area contributed by atoms with E-state index in [-0.39, 0.29) is 22.0 Å². The second-order valence-electron chi connectivity index (χ2n) is 8.43. The van der Waals surface area contributed by atoms with Gasteiger partial charge in [0.05, 0.1) is 45.6 Å². The van der Waals surface area contributed by atoms with Crippen molar-refractivity contribution < 1.29 is 79.7 Å². The van der Waals surface area contributed by atoms with Crippen LogP contribution in [-0.4, -0.2) is 35.4 Å². The van der Waals surface area contributed by atoms with Crippen LogP contribution < -0.4 is 37.3 Å². The van der Waals surface area contributed by atoms with Crippen LogP contribution in [0, 0.1) is 20.5 Å². The molecular weight excluding hydrogens is 718 g/mol. The fourth-order valence-corrected chi connectivity index (χ4v) is 3.50. The van der Waals surface area contributed by atoms with E-state index in [4.69, 9.17) is 37.3 Å². The Hall–Kier alpha value is -4.39. The summed E-state index contributed by atoms with van der Waals surface area (Å²) < 4.78 is 67.9. The summed E-state index contributed by atoms with van der Waals surface area (Å²) in [7, 11) is -9.89. The van der Waals surface area contributed by atoms with Crippen molar-refractivity contribution in [3.63, 3.8) is 0 Å². The van der Waals surface area contributed by atoms with Crippen molar-refractivity contribution in [3.8, 4) is 45.6 Å². The molecule has 6 aromatic rings. The Bertz CT molecular complexity index is 1490. The van der Waals surface area contributed by atoms with Gasteiger partial charge in [0.25, 0.3) is 0 Å². The van der Waals surface area contributed by atoms with E-state index in [0.717, 1.165) is 45.6 Å². The van der Waals surface area contributed by atoms with Crippen LogP contribution in [0.5, 0.6) is 0 Å². The van der Waals surface area contributed by atoms with Gasteiger partial charge in [-0.3, -0.25) is 19.9 Å². The third-order valence-corrected chi connectivity index (χ3v) is 5.21. The Kier molecular flexibility index (Phi) is 18.0. The van der Waals surface area contributed by atoms with Crippen molar-refractivity contribution in [2.75, 3.05) is 0 Å². The summed E-state index contributed by atoms with van der Waals surface area (Å²) in [6.07, 6.45) is 7.07. The molecule has 0 saturated carbocycles. The minimum absolute atomic E-state index is 0. The molecule has 0 aliphatic rings. The predicted molar refractivity (Wildman–Crippen MR) is 145 cm³/mol. The van der Waals surface area contributed by atoms with Gasteiger partial charge in [0, 0.05) is 24.8 Å². The quantitative estimate of drug-likeness (QED) is 0.156. The molecular formula is C30H24Cl2N6NiO9. The van der Waals surface area contributed by atoms with E-state index >= 15 is 0 Å². The summed E-state index contributed by atoms with van der Waals surface area (Å²) in [4.78, 5) is 26.4. The SMILES string of the molecule is O.[Ni+2].[O-][Cl+3]([O-])([O-])[O-].[O-][Cl+3]([O-])([O-])[O-].c1ccc(-c2cccc(-c3ccccn3)n2)nc1.c1ccc(-c2cccc(-c3ccccn3)n2)nc1. The fraction of sp³-hybridized carbons (Fsp3) is 0. The molecule has 6 heterocycles. The van der Waals surface area contributed by atoms with Crippen LogP contribution in [0.25, 0.3) is 45.6 Å². The molecule has 0 aliphatic carbocycles. The average molecular weight is 742 g/mol. The number of nitrogens with zero attached hydrogens (tertiary/aromatic N) is 6. The van der Waals surface area contributed by atoms with Gasteiger partial charge in [-0.15, -0.1) is 20.5 Å². The number of hydrogen-bond acceptors (Lipinski definition) is 14. The first-order chi connectivity index (χ1) is 21.9. The van der Waals surface area contributed by atoms with Crippen LogP contribution in [0.2, 0.25) is 0 Å². The van der Waals surface area contributed by atoms with E-state index < -0.39 is 20.5 Å². The normalized spacial score (nSPS) is 10.2. The van der Waals surface area contributed by atoms with Crippen LogP contribution in [0.15, 0.2) is 134 Å². The molecule has 0 aromatic carbocycles. The molecule has 48 heavy (non-hydrogen) atoms. The van der Waals surface area contributed by atoms with Crippen molar-refractivity contribution in [3.05, 3.63) is 134 Å². The van der Waals surface area contributed by atoms with E-state index in [9.17, 15) is 0 Å². The topological polar surface area (TPSA) is 293 Å². The molecule has 0 fully saturated rings. The molecule has 252 valence electrons. The summed E-state index contributed by atoms with van der Waals surface area (Å²) in [5, 5.41) is 0. The molecule has 6 rings (SSSR count). The zero-order valence-electron chi connectivity index (χ0n) is 24.2. The van der Waals surface area contributed by atoms with Gasteiger partial charge in [-0.25, -0.2) is 47.2 Å². The Labute approximate surface area is 288 Å². The summed E-state index contributed by atoms with van der Waals surface area (Å²) >= 11 is 0. The molecule has 15 nitrogen and oxygen atoms in total. The number of halogens is 2. The van der Waals surface area contributed by atoms with Crippen molar-refractivity contribution in [2.24, 2.45) is 0 Å². The maximum absolute atomic E-state index is 8.49. The minimum atomic E-state index is -4.94. The standard InChI is InChI=1S/2C15H11N3.2ClHO4.Ni.H2O/c2*1-3-10-16-12(6-1)14-8-5-9-15(18-14)13-7-2-4-11-17-13;2*2-1(3,4)5;;/h2*1-11H;2*(H,2,3,4,5);;1H2/q;;;;+2;/p-2. The largest absolute Gasteiger partial charge is 2.00 e. The first-order valence-electron chi connectivity index (χ1n) is 12.7. The van der Waals surface area contributed by atoms with Gasteiger partial charge in [0.1, 0.15) is 0 Å². The monoisotopic (exact) mass is 740 g/mol.